The summed E-state index contributed by atoms with van der Waals surface area (Å²) in [6.07, 6.45) is 15.1. The molecule has 158 valence electrons. The van der Waals surface area contributed by atoms with E-state index in [0.29, 0.717) is 25.8 Å². The van der Waals surface area contributed by atoms with Crippen molar-refractivity contribution in [3.8, 4) is 0 Å². The van der Waals surface area contributed by atoms with Gasteiger partial charge in [0.25, 0.3) is 0 Å². The molecule has 0 bridgehead atoms. The van der Waals surface area contributed by atoms with Crippen molar-refractivity contribution < 1.29 is 9.59 Å². The van der Waals surface area contributed by atoms with Crippen LogP contribution in [0.1, 0.15) is 96.8 Å². The van der Waals surface area contributed by atoms with E-state index in [2.05, 4.69) is 17.6 Å². The minimum atomic E-state index is -0.654. The number of rotatable bonds is 18. The number of primary amides is 1. The van der Waals surface area contributed by atoms with E-state index >= 15 is 0 Å². The zero-order valence-electron chi connectivity index (χ0n) is 17.2. The van der Waals surface area contributed by atoms with E-state index in [1.54, 1.807) is 0 Å². The van der Waals surface area contributed by atoms with Crippen molar-refractivity contribution in [3.05, 3.63) is 0 Å². The highest BCUT2D eigenvalue weighted by molar-refractivity contribution is 5.86. The Morgan fingerprint density at radius 2 is 1.37 bits per heavy atom. The van der Waals surface area contributed by atoms with Crippen LogP contribution in [0.4, 0.5) is 0 Å². The van der Waals surface area contributed by atoms with Crippen LogP contribution >= 0.6 is 0 Å². The van der Waals surface area contributed by atoms with Gasteiger partial charge in [0.05, 0.1) is 0 Å². The quantitative estimate of drug-likeness (QED) is 0.141. The van der Waals surface area contributed by atoms with Gasteiger partial charge in [-0.3, -0.25) is 15.0 Å². The Kier molecular flexibility index (Phi) is 16.4. The van der Waals surface area contributed by atoms with Gasteiger partial charge in [-0.1, -0.05) is 71.1 Å². The Labute approximate surface area is 164 Å². The molecule has 0 rings (SSSR count). The van der Waals surface area contributed by atoms with Gasteiger partial charge in [-0.05, 0) is 19.3 Å². The largest absolute Gasteiger partial charge is 0.370 e. The number of hydrogen-bond acceptors (Lipinski definition) is 3. The third-order valence-corrected chi connectivity index (χ3v) is 4.67. The van der Waals surface area contributed by atoms with Crippen LogP contribution in [-0.2, 0) is 9.59 Å². The van der Waals surface area contributed by atoms with Gasteiger partial charge in [-0.2, -0.15) is 0 Å². The van der Waals surface area contributed by atoms with Gasteiger partial charge in [0.15, 0.2) is 5.96 Å². The van der Waals surface area contributed by atoms with Crippen LogP contribution in [0.5, 0.6) is 0 Å². The molecule has 7 nitrogen and oxygen atoms in total. The van der Waals surface area contributed by atoms with E-state index in [0.717, 1.165) is 19.3 Å². The van der Waals surface area contributed by atoms with Crippen LogP contribution < -0.4 is 22.1 Å². The Balaban J connectivity index is 3.63. The molecule has 0 aromatic carbocycles. The Morgan fingerprint density at radius 1 is 0.852 bits per heavy atom. The second-order valence-corrected chi connectivity index (χ2v) is 7.29. The van der Waals surface area contributed by atoms with E-state index in [1.165, 1.54) is 51.4 Å². The number of unbranched alkanes of at least 4 members (excludes halogenated alkanes) is 10. The maximum atomic E-state index is 12.0. The van der Waals surface area contributed by atoms with Crippen LogP contribution in [0.25, 0.3) is 0 Å². The third kappa shape index (κ3) is 17.4. The number of nitrogens with two attached hydrogens (primary N) is 2. The number of carbonyl (C=O) groups excluding carboxylic acids is 2. The normalized spacial score (nSPS) is 11.7. The van der Waals surface area contributed by atoms with Gasteiger partial charge in [0.2, 0.25) is 11.8 Å². The highest BCUT2D eigenvalue weighted by Crippen LogP contribution is 2.12. The molecular weight excluding hydrogens is 342 g/mol. The van der Waals surface area contributed by atoms with E-state index < -0.39 is 11.9 Å². The van der Waals surface area contributed by atoms with E-state index in [1.807, 2.05) is 0 Å². The molecule has 0 radical (unpaired) electrons. The number of amides is 2. The van der Waals surface area contributed by atoms with Crippen LogP contribution in [0.2, 0.25) is 0 Å². The van der Waals surface area contributed by atoms with Crippen molar-refractivity contribution in [1.82, 2.24) is 10.6 Å². The van der Waals surface area contributed by atoms with Crippen molar-refractivity contribution >= 4 is 17.8 Å². The van der Waals surface area contributed by atoms with E-state index in [9.17, 15) is 9.59 Å². The van der Waals surface area contributed by atoms with Crippen molar-refractivity contribution in [1.29, 1.82) is 5.41 Å². The van der Waals surface area contributed by atoms with Gasteiger partial charge in [-0.25, -0.2) is 0 Å². The van der Waals surface area contributed by atoms with Gasteiger partial charge in [-0.15, -0.1) is 0 Å². The van der Waals surface area contributed by atoms with Gasteiger partial charge >= 0.3 is 0 Å². The Hall–Kier alpha value is -1.79. The van der Waals surface area contributed by atoms with Gasteiger partial charge in [0, 0.05) is 13.0 Å². The lowest BCUT2D eigenvalue weighted by molar-refractivity contribution is -0.127. The second-order valence-electron chi connectivity index (χ2n) is 7.29. The number of hydrogen-bond donors (Lipinski definition) is 5. The SMILES string of the molecule is CCCCCCCCCCCCCC(=O)NC(CCCNC(=N)N)C(N)=O. The summed E-state index contributed by atoms with van der Waals surface area (Å²) in [6.45, 7) is 2.72. The summed E-state index contributed by atoms with van der Waals surface area (Å²) >= 11 is 0. The molecule has 0 spiro atoms. The molecule has 0 fully saturated rings. The first-order valence-corrected chi connectivity index (χ1v) is 10.6. The minimum Gasteiger partial charge on any atom is -0.370 e. The summed E-state index contributed by atoms with van der Waals surface area (Å²) < 4.78 is 0. The van der Waals surface area contributed by atoms with E-state index in [-0.39, 0.29) is 11.9 Å². The molecule has 27 heavy (non-hydrogen) atoms. The average Bonchev–Trinajstić information content (AvgIpc) is 2.61. The molecule has 0 aliphatic rings. The van der Waals surface area contributed by atoms with Crippen molar-refractivity contribution in [2.24, 2.45) is 11.5 Å². The molecule has 7 N–H and O–H groups in total. The average molecular weight is 384 g/mol. The summed E-state index contributed by atoms with van der Waals surface area (Å²) in [5.74, 6) is -0.745. The summed E-state index contributed by atoms with van der Waals surface area (Å²) in [6, 6.07) is -0.654. The van der Waals surface area contributed by atoms with Crippen molar-refractivity contribution in [2.75, 3.05) is 6.54 Å². The minimum absolute atomic E-state index is 0.105. The highest BCUT2D eigenvalue weighted by Gasteiger charge is 2.17. The van der Waals surface area contributed by atoms with E-state index in [4.69, 9.17) is 16.9 Å². The molecule has 1 atom stereocenters. The fourth-order valence-corrected chi connectivity index (χ4v) is 3.03. The van der Waals surface area contributed by atoms with Crippen LogP contribution in [0, 0.1) is 5.41 Å². The molecule has 0 heterocycles. The van der Waals surface area contributed by atoms with Gasteiger partial charge in [0.1, 0.15) is 6.04 Å². The zero-order chi connectivity index (χ0) is 20.3. The number of guanidine groups is 1. The first kappa shape index (κ1) is 25.2. The Bertz CT molecular complexity index is 415. The lowest BCUT2D eigenvalue weighted by Crippen LogP contribution is -2.44. The molecule has 0 aromatic rings. The zero-order valence-corrected chi connectivity index (χ0v) is 17.2. The molecule has 0 saturated heterocycles. The molecule has 1 unspecified atom stereocenters. The molecule has 0 aliphatic carbocycles. The molecule has 2 amide bonds. The third-order valence-electron chi connectivity index (χ3n) is 4.67. The van der Waals surface area contributed by atoms with Crippen LogP contribution in [-0.4, -0.2) is 30.4 Å². The first-order valence-electron chi connectivity index (χ1n) is 10.6. The molecule has 0 saturated carbocycles. The molecule has 0 aliphatic heterocycles. The monoisotopic (exact) mass is 383 g/mol. The van der Waals surface area contributed by atoms with Crippen molar-refractivity contribution in [2.45, 2.75) is 103 Å². The highest BCUT2D eigenvalue weighted by atomic mass is 16.2. The maximum Gasteiger partial charge on any atom is 0.240 e. The second kappa shape index (κ2) is 17.6. The van der Waals surface area contributed by atoms with Gasteiger partial charge < -0.3 is 22.1 Å². The molecular formula is C20H41N5O2. The lowest BCUT2D eigenvalue weighted by Gasteiger charge is -2.15. The number of carbonyl (C=O) groups is 2. The smallest absolute Gasteiger partial charge is 0.240 e. The molecule has 7 heteroatoms. The molecule has 0 aromatic heterocycles. The predicted molar refractivity (Wildman–Crippen MR) is 111 cm³/mol. The Morgan fingerprint density at radius 3 is 1.85 bits per heavy atom. The summed E-state index contributed by atoms with van der Waals surface area (Å²) in [5.41, 5.74) is 10.5. The number of nitrogens with one attached hydrogen (secondary N) is 3. The standard InChI is InChI=1S/C20H41N5O2/c1-2-3-4-5-6-7-8-9-10-11-12-15-18(26)25-17(19(21)27)14-13-16-24-20(22)23/h17H,2-16H2,1H3,(H2,21,27)(H,25,26)(H4,22,23,24). The van der Waals surface area contributed by atoms with Crippen LogP contribution in [0.15, 0.2) is 0 Å². The predicted octanol–water partition coefficient (Wildman–Crippen LogP) is 2.92. The topological polar surface area (TPSA) is 134 Å². The van der Waals surface area contributed by atoms with Crippen molar-refractivity contribution in [3.63, 3.8) is 0 Å². The summed E-state index contributed by atoms with van der Waals surface area (Å²) in [7, 11) is 0. The summed E-state index contributed by atoms with van der Waals surface area (Å²) in [4.78, 5) is 23.4. The fraction of sp³-hybridized carbons (Fsp3) is 0.850. The fourth-order valence-electron chi connectivity index (χ4n) is 3.03. The first-order chi connectivity index (χ1) is 13.0. The summed E-state index contributed by atoms with van der Waals surface area (Å²) in [5, 5.41) is 12.4. The van der Waals surface area contributed by atoms with Crippen LogP contribution in [0.3, 0.4) is 0 Å². The lowest BCUT2D eigenvalue weighted by atomic mass is 10.0. The maximum absolute atomic E-state index is 12.0.